The van der Waals surface area contributed by atoms with Crippen molar-refractivity contribution in [3.8, 4) is 12.3 Å². The molecule has 0 fully saturated rings. The zero-order valence-corrected chi connectivity index (χ0v) is 7.01. The lowest BCUT2D eigenvalue weighted by Gasteiger charge is -2.17. The predicted octanol–water partition coefficient (Wildman–Crippen LogP) is 1.81. The second-order valence-electron chi connectivity index (χ2n) is 2.82. The van der Waals surface area contributed by atoms with Gasteiger partial charge < -0.3 is 5.11 Å². The Morgan fingerprint density at radius 2 is 2.08 bits per heavy atom. The third kappa shape index (κ3) is 1.68. The van der Waals surface area contributed by atoms with Crippen LogP contribution in [0.15, 0.2) is 18.2 Å². The second kappa shape index (κ2) is 3.15. The normalized spacial score (nSPS) is 14.7. The molecule has 0 aliphatic heterocycles. The maximum atomic E-state index is 13.1. The van der Waals surface area contributed by atoms with E-state index < -0.39 is 17.2 Å². The lowest BCUT2D eigenvalue weighted by molar-refractivity contribution is 0.117. The fourth-order valence-corrected chi connectivity index (χ4v) is 0.958. The van der Waals surface area contributed by atoms with Crippen LogP contribution in [-0.2, 0) is 5.60 Å². The number of rotatable bonds is 1. The van der Waals surface area contributed by atoms with Gasteiger partial charge in [-0.25, -0.2) is 8.78 Å². The molecule has 3 heteroatoms. The first-order valence-corrected chi connectivity index (χ1v) is 3.63. The molecule has 0 radical (unpaired) electrons. The lowest BCUT2D eigenvalue weighted by atomic mass is 9.96. The average Bonchev–Trinajstić information content (AvgIpc) is 2.09. The predicted molar refractivity (Wildman–Crippen MR) is 44.8 cm³/mol. The van der Waals surface area contributed by atoms with E-state index in [1.54, 1.807) is 0 Å². The minimum Gasteiger partial charge on any atom is -0.374 e. The van der Waals surface area contributed by atoms with Gasteiger partial charge in [-0.15, -0.1) is 6.42 Å². The van der Waals surface area contributed by atoms with Crippen molar-refractivity contribution in [3.63, 3.8) is 0 Å². The van der Waals surface area contributed by atoms with Gasteiger partial charge in [-0.1, -0.05) is 18.1 Å². The van der Waals surface area contributed by atoms with Crippen LogP contribution < -0.4 is 0 Å². The van der Waals surface area contributed by atoms with Crippen molar-refractivity contribution >= 4 is 0 Å². The molecule has 1 nitrogen and oxygen atoms in total. The molecule has 68 valence electrons. The highest BCUT2D eigenvalue weighted by Gasteiger charge is 2.25. The van der Waals surface area contributed by atoms with E-state index in [4.69, 9.17) is 6.42 Å². The van der Waals surface area contributed by atoms with Crippen LogP contribution in [0.2, 0.25) is 0 Å². The van der Waals surface area contributed by atoms with E-state index in [-0.39, 0.29) is 5.56 Å². The molecule has 0 aliphatic carbocycles. The van der Waals surface area contributed by atoms with Crippen molar-refractivity contribution in [2.45, 2.75) is 12.5 Å². The summed E-state index contributed by atoms with van der Waals surface area (Å²) in [6, 6.07) is 3.50. The molecule has 0 amide bonds. The molecule has 1 aromatic carbocycles. The first kappa shape index (κ1) is 9.69. The summed E-state index contributed by atoms with van der Waals surface area (Å²) in [5.41, 5.74) is -2.00. The van der Waals surface area contributed by atoms with Gasteiger partial charge in [0.25, 0.3) is 0 Å². The maximum Gasteiger partial charge on any atom is 0.165 e. The smallest absolute Gasteiger partial charge is 0.165 e. The van der Waals surface area contributed by atoms with Crippen molar-refractivity contribution in [3.05, 3.63) is 35.4 Å². The second-order valence-corrected chi connectivity index (χ2v) is 2.82. The molecular formula is C10H8F2O. The molecule has 0 aliphatic rings. The van der Waals surface area contributed by atoms with Crippen molar-refractivity contribution in [1.82, 2.24) is 0 Å². The molecule has 1 aromatic rings. The average molecular weight is 182 g/mol. The van der Waals surface area contributed by atoms with Crippen molar-refractivity contribution in [2.24, 2.45) is 0 Å². The summed E-state index contributed by atoms with van der Waals surface area (Å²) in [5, 5.41) is 9.46. The minimum atomic E-state index is -1.77. The summed E-state index contributed by atoms with van der Waals surface area (Å²) in [6.07, 6.45) is 4.97. The van der Waals surface area contributed by atoms with Crippen molar-refractivity contribution < 1.29 is 13.9 Å². The number of halogens is 2. The Balaban J connectivity index is 3.33. The van der Waals surface area contributed by atoms with Gasteiger partial charge in [-0.05, 0) is 13.0 Å². The van der Waals surface area contributed by atoms with Crippen LogP contribution in [0.4, 0.5) is 8.78 Å². The van der Waals surface area contributed by atoms with Gasteiger partial charge in [0, 0.05) is 5.56 Å². The maximum absolute atomic E-state index is 13.1. The Kier molecular flexibility index (Phi) is 2.35. The van der Waals surface area contributed by atoms with Crippen LogP contribution in [0, 0.1) is 24.0 Å². The van der Waals surface area contributed by atoms with E-state index >= 15 is 0 Å². The zero-order chi connectivity index (χ0) is 10.1. The van der Waals surface area contributed by atoms with E-state index in [2.05, 4.69) is 0 Å². The molecule has 0 saturated carbocycles. The molecular weight excluding hydrogens is 174 g/mol. The topological polar surface area (TPSA) is 20.2 Å². The third-order valence-corrected chi connectivity index (χ3v) is 1.76. The molecule has 0 heterocycles. The fourth-order valence-electron chi connectivity index (χ4n) is 0.958. The fraction of sp³-hybridized carbons (Fsp3) is 0.200. The first-order valence-electron chi connectivity index (χ1n) is 3.63. The van der Waals surface area contributed by atoms with E-state index in [0.29, 0.717) is 0 Å². The summed E-state index contributed by atoms with van der Waals surface area (Å²) in [7, 11) is 0. The standard InChI is InChI=1S/C10H8F2O/c1-3-10(2,13)7-5-4-6-8(11)9(7)12/h1,4-6,13H,2H3/t10-/m0/s1. The zero-order valence-electron chi connectivity index (χ0n) is 7.01. The van der Waals surface area contributed by atoms with Gasteiger partial charge in [0.05, 0.1) is 0 Å². The molecule has 13 heavy (non-hydrogen) atoms. The largest absolute Gasteiger partial charge is 0.374 e. The van der Waals surface area contributed by atoms with Crippen LogP contribution in [0.1, 0.15) is 12.5 Å². The number of terminal acetylenes is 1. The van der Waals surface area contributed by atoms with E-state index in [1.165, 1.54) is 19.1 Å². The molecule has 1 atom stereocenters. The minimum absolute atomic E-state index is 0.227. The van der Waals surface area contributed by atoms with Crippen molar-refractivity contribution in [1.29, 1.82) is 0 Å². The Labute approximate surface area is 75.0 Å². The summed E-state index contributed by atoms with van der Waals surface area (Å²) in [5.74, 6) is -0.152. The van der Waals surface area contributed by atoms with Crippen LogP contribution >= 0.6 is 0 Å². The summed E-state index contributed by atoms with van der Waals surface area (Å²) < 4.78 is 25.7. The summed E-state index contributed by atoms with van der Waals surface area (Å²) >= 11 is 0. The Hall–Kier alpha value is -1.40. The van der Waals surface area contributed by atoms with Crippen LogP contribution in [-0.4, -0.2) is 5.11 Å². The van der Waals surface area contributed by atoms with E-state index in [1.807, 2.05) is 5.92 Å². The SMILES string of the molecule is C#C[C@](C)(O)c1cccc(F)c1F. The quantitative estimate of drug-likeness (QED) is 0.656. The van der Waals surface area contributed by atoms with Gasteiger partial charge in [-0.2, -0.15) is 0 Å². The van der Waals surface area contributed by atoms with Crippen molar-refractivity contribution in [2.75, 3.05) is 0 Å². The Morgan fingerprint density at radius 3 is 2.62 bits per heavy atom. The Bertz CT molecular complexity index is 364. The molecule has 1 N–H and O–H groups in total. The highest BCUT2D eigenvalue weighted by Crippen LogP contribution is 2.23. The number of hydrogen-bond donors (Lipinski definition) is 1. The van der Waals surface area contributed by atoms with Gasteiger partial charge in [0.1, 0.15) is 0 Å². The monoisotopic (exact) mass is 182 g/mol. The number of benzene rings is 1. The number of hydrogen-bond acceptors (Lipinski definition) is 1. The molecule has 0 bridgehead atoms. The van der Waals surface area contributed by atoms with Gasteiger partial charge in [-0.3, -0.25) is 0 Å². The molecule has 1 rings (SSSR count). The van der Waals surface area contributed by atoms with Crippen LogP contribution in [0.3, 0.4) is 0 Å². The highest BCUT2D eigenvalue weighted by atomic mass is 19.2. The third-order valence-electron chi connectivity index (χ3n) is 1.76. The first-order chi connectivity index (χ1) is 5.99. The molecule has 0 unspecified atom stereocenters. The highest BCUT2D eigenvalue weighted by molar-refractivity contribution is 5.31. The molecule has 0 aromatic heterocycles. The Morgan fingerprint density at radius 1 is 1.46 bits per heavy atom. The molecule has 0 spiro atoms. The molecule has 0 saturated heterocycles. The van der Waals surface area contributed by atoms with Crippen LogP contribution in [0.5, 0.6) is 0 Å². The van der Waals surface area contributed by atoms with Gasteiger partial charge >= 0.3 is 0 Å². The van der Waals surface area contributed by atoms with Gasteiger partial charge in [0.15, 0.2) is 17.2 Å². The summed E-state index contributed by atoms with van der Waals surface area (Å²) in [4.78, 5) is 0. The number of aliphatic hydroxyl groups is 1. The van der Waals surface area contributed by atoms with E-state index in [9.17, 15) is 13.9 Å². The lowest BCUT2D eigenvalue weighted by Crippen LogP contribution is -2.20. The van der Waals surface area contributed by atoms with Gasteiger partial charge in [0.2, 0.25) is 0 Å². The van der Waals surface area contributed by atoms with Crippen LogP contribution in [0.25, 0.3) is 0 Å². The summed E-state index contributed by atoms with van der Waals surface area (Å²) in [6.45, 7) is 1.23. The van der Waals surface area contributed by atoms with E-state index in [0.717, 1.165) is 6.07 Å².